The largest absolute Gasteiger partial charge is 0.389 e. The predicted octanol–water partition coefficient (Wildman–Crippen LogP) is 2.40. The zero-order valence-electron chi connectivity index (χ0n) is 10.2. The van der Waals surface area contributed by atoms with E-state index in [0.717, 1.165) is 22.8 Å². The Labute approximate surface area is 115 Å². The molecular weight excluding hydrogens is 264 g/mol. The van der Waals surface area contributed by atoms with Crippen LogP contribution in [0.25, 0.3) is 0 Å². The molecule has 6 heteroatoms. The number of rotatable bonds is 4. The third kappa shape index (κ3) is 2.83. The van der Waals surface area contributed by atoms with E-state index < -0.39 is 0 Å². The van der Waals surface area contributed by atoms with Gasteiger partial charge in [0.15, 0.2) is 0 Å². The second kappa shape index (κ2) is 5.41. The van der Waals surface area contributed by atoms with Crippen molar-refractivity contribution >= 4 is 34.4 Å². The fourth-order valence-electron chi connectivity index (χ4n) is 1.55. The first-order valence-electron chi connectivity index (χ1n) is 5.48. The number of hydrogen-bond acceptors (Lipinski definition) is 5. The van der Waals surface area contributed by atoms with E-state index in [0.29, 0.717) is 11.5 Å². The summed E-state index contributed by atoms with van der Waals surface area (Å²) in [7, 11) is 0. The lowest BCUT2D eigenvalue weighted by Gasteiger charge is -2.10. The van der Waals surface area contributed by atoms with E-state index in [1.807, 2.05) is 31.5 Å². The Balaban J connectivity index is 2.20. The first-order valence-corrected chi connectivity index (χ1v) is 6.77. The molecule has 2 aromatic heterocycles. The maximum absolute atomic E-state index is 5.69. The minimum atomic E-state index is 0.353. The second-order valence-corrected chi connectivity index (χ2v) is 5.31. The first-order chi connectivity index (χ1) is 8.58. The lowest BCUT2D eigenvalue weighted by Crippen LogP contribution is -2.14. The summed E-state index contributed by atoms with van der Waals surface area (Å²) in [4.78, 5) is 10.2. The van der Waals surface area contributed by atoms with Gasteiger partial charge in [-0.25, -0.2) is 9.97 Å². The number of thiocarbonyl (C=S) groups is 1. The normalized spacial score (nSPS) is 10.3. The van der Waals surface area contributed by atoms with Crippen LogP contribution in [0.4, 0.5) is 5.82 Å². The molecule has 0 fully saturated rings. The van der Waals surface area contributed by atoms with Crippen molar-refractivity contribution in [3.8, 4) is 0 Å². The number of nitrogens with one attached hydrogen (secondary N) is 1. The number of thiazole rings is 1. The summed E-state index contributed by atoms with van der Waals surface area (Å²) in [5, 5.41) is 3.27. The number of anilines is 1. The molecule has 2 aromatic rings. The van der Waals surface area contributed by atoms with E-state index in [-0.39, 0.29) is 0 Å². The van der Waals surface area contributed by atoms with Gasteiger partial charge in [-0.2, -0.15) is 0 Å². The molecule has 0 aromatic carbocycles. The van der Waals surface area contributed by atoms with Crippen molar-refractivity contribution in [2.45, 2.75) is 20.4 Å². The summed E-state index contributed by atoms with van der Waals surface area (Å²) >= 11 is 6.64. The molecule has 4 nitrogen and oxygen atoms in total. The Morgan fingerprint density at radius 3 is 2.83 bits per heavy atom. The molecule has 0 spiro atoms. The molecule has 0 saturated heterocycles. The monoisotopic (exact) mass is 278 g/mol. The van der Waals surface area contributed by atoms with Crippen molar-refractivity contribution in [2.75, 3.05) is 5.32 Å². The molecule has 2 rings (SSSR count). The fourth-order valence-corrected chi connectivity index (χ4v) is 2.43. The third-order valence-corrected chi connectivity index (χ3v) is 3.72. The highest BCUT2D eigenvalue weighted by atomic mass is 32.1. The molecule has 0 radical (unpaired) electrons. The molecule has 0 aliphatic rings. The summed E-state index contributed by atoms with van der Waals surface area (Å²) < 4.78 is 0. The van der Waals surface area contributed by atoms with E-state index >= 15 is 0 Å². The number of aromatic nitrogens is 2. The van der Waals surface area contributed by atoms with Gasteiger partial charge in [-0.05, 0) is 26.0 Å². The molecule has 0 saturated carbocycles. The van der Waals surface area contributed by atoms with Gasteiger partial charge in [0.05, 0.1) is 23.3 Å². The minimum absolute atomic E-state index is 0.353. The van der Waals surface area contributed by atoms with E-state index in [1.165, 1.54) is 4.88 Å². The predicted molar refractivity (Wildman–Crippen MR) is 79.0 cm³/mol. The van der Waals surface area contributed by atoms with Gasteiger partial charge in [-0.3, -0.25) is 0 Å². The van der Waals surface area contributed by atoms with Gasteiger partial charge in [-0.15, -0.1) is 11.3 Å². The van der Waals surface area contributed by atoms with Crippen LogP contribution in [0.2, 0.25) is 0 Å². The quantitative estimate of drug-likeness (QED) is 0.841. The van der Waals surface area contributed by atoms with E-state index in [2.05, 4.69) is 15.3 Å². The van der Waals surface area contributed by atoms with Crippen molar-refractivity contribution in [1.29, 1.82) is 0 Å². The maximum atomic E-state index is 5.69. The molecule has 2 heterocycles. The van der Waals surface area contributed by atoms with Crippen LogP contribution in [0.3, 0.4) is 0 Å². The van der Waals surface area contributed by atoms with Crippen LogP contribution in [0.15, 0.2) is 17.6 Å². The highest BCUT2D eigenvalue weighted by molar-refractivity contribution is 7.80. The molecular formula is C12H14N4S2. The highest BCUT2D eigenvalue weighted by Gasteiger charge is 2.08. The summed E-state index contributed by atoms with van der Waals surface area (Å²) in [6.45, 7) is 4.61. The molecule has 0 bridgehead atoms. The molecule has 94 valence electrons. The van der Waals surface area contributed by atoms with Crippen molar-refractivity contribution in [2.24, 2.45) is 5.73 Å². The Kier molecular flexibility index (Phi) is 3.88. The van der Waals surface area contributed by atoms with Crippen molar-refractivity contribution in [3.63, 3.8) is 0 Å². The molecule has 0 aliphatic carbocycles. The number of hydrogen-bond donors (Lipinski definition) is 2. The van der Waals surface area contributed by atoms with Gasteiger partial charge in [0.2, 0.25) is 0 Å². The van der Waals surface area contributed by atoms with Gasteiger partial charge in [-0.1, -0.05) is 12.2 Å². The minimum Gasteiger partial charge on any atom is -0.389 e. The van der Waals surface area contributed by atoms with Crippen LogP contribution >= 0.6 is 23.6 Å². The Bertz CT molecular complexity index is 577. The van der Waals surface area contributed by atoms with Crippen LogP contribution in [-0.4, -0.2) is 15.0 Å². The van der Waals surface area contributed by atoms with E-state index in [9.17, 15) is 0 Å². The zero-order chi connectivity index (χ0) is 13.1. The molecule has 0 atom stereocenters. The molecule has 0 aliphatic heterocycles. The van der Waals surface area contributed by atoms with Crippen LogP contribution < -0.4 is 11.1 Å². The van der Waals surface area contributed by atoms with Gasteiger partial charge < -0.3 is 11.1 Å². The molecule has 3 N–H and O–H groups in total. The number of nitrogens with two attached hydrogens (primary N) is 1. The summed E-state index contributed by atoms with van der Waals surface area (Å²) in [5.41, 5.74) is 10.3. The third-order valence-electron chi connectivity index (χ3n) is 2.56. The highest BCUT2D eigenvalue weighted by Crippen LogP contribution is 2.17. The Hall–Kier alpha value is -1.53. The van der Waals surface area contributed by atoms with Crippen molar-refractivity contribution in [3.05, 3.63) is 39.5 Å². The van der Waals surface area contributed by atoms with Crippen molar-refractivity contribution in [1.82, 2.24) is 9.97 Å². The molecule has 0 unspecified atom stereocenters. The SMILES string of the molecule is Cc1ccc(C(N)=S)c(NCc2scnc2C)n1. The van der Waals surface area contributed by atoms with Crippen molar-refractivity contribution < 1.29 is 0 Å². The van der Waals surface area contributed by atoms with Gasteiger partial charge in [0, 0.05) is 10.6 Å². The molecule has 18 heavy (non-hydrogen) atoms. The average molecular weight is 278 g/mol. The van der Waals surface area contributed by atoms with Gasteiger partial charge in [0.1, 0.15) is 10.8 Å². The number of pyridine rings is 1. The smallest absolute Gasteiger partial charge is 0.136 e. The lowest BCUT2D eigenvalue weighted by molar-refractivity contribution is 1.08. The Morgan fingerprint density at radius 1 is 1.44 bits per heavy atom. The maximum Gasteiger partial charge on any atom is 0.136 e. The van der Waals surface area contributed by atoms with E-state index in [4.69, 9.17) is 18.0 Å². The van der Waals surface area contributed by atoms with Gasteiger partial charge in [0.25, 0.3) is 0 Å². The second-order valence-electron chi connectivity index (χ2n) is 3.93. The lowest BCUT2D eigenvalue weighted by atomic mass is 10.2. The summed E-state index contributed by atoms with van der Waals surface area (Å²) in [6.07, 6.45) is 0. The number of aryl methyl sites for hydroxylation is 2. The first kappa shape index (κ1) is 12.9. The number of nitrogens with zero attached hydrogens (tertiary/aromatic N) is 2. The topological polar surface area (TPSA) is 63.8 Å². The fraction of sp³-hybridized carbons (Fsp3) is 0.250. The average Bonchev–Trinajstić information content (AvgIpc) is 2.72. The van der Waals surface area contributed by atoms with Crippen LogP contribution in [0.5, 0.6) is 0 Å². The summed E-state index contributed by atoms with van der Waals surface area (Å²) in [6, 6.07) is 3.80. The zero-order valence-corrected chi connectivity index (χ0v) is 11.9. The van der Waals surface area contributed by atoms with Crippen LogP contribution in [0.1, 0.15) is 21.8 Å². The van der Waals surface area contributed by atoms with E-state index in [1.54, 1.807) is 11.3 Å². The summed E-state index contributed by atoms with van der Waals surface area (Å²) in [5.74, 6) is 0.732. The standard InChI is InChI=1S/C12H14N4S2/c1-7-3-4-9(11(13)17)12(16-7)14-5-10-8(2)15-6-18-10/h3-4,6H,5H2,1-2H3,(H2,13,17)(H,14,16). The van der Waals surface area contributed by atoms with Gasteiger partial charge >= 0.3 is 0 Å². The molecule has 0 amide bonds. The van der Waals surface area contributed by atoms with Crippen LogP contribution in [-0.2, 0) is 6.54 Å². The van der Waals surface area contributed by atoms with Crippen LogP contribution in [0, 0.1) is 13.8 Å². The Morgan fingerprint density at radius 2 is 2.22 bits per heavy atom.